The van der Waals surface area contributed by atoms with Crippen molar-refractivity contribution in [3.8, 4) is 0 Å². The molecule has 110 valence electrons. The molecular weight excluding hydrogens is 336 g/mol. The minimum atomic E-state index is -3.49. The van der Waals surface area contributed by atoms with Crippen LogP contribution in [0.4, 0.5) is 0 Å². The van der Waals surface area contributed by atoms with E-state index < -0.39 is 10.0 Å². The summed E-state index contributed by atoms with van der Waals surface area (Å²) in [7, 11) is -1.90. The van der Waals surface area contributed by atoms with Crippen molar-refractivity contribution in [1.82, 2.24) is 9.29 Å². The lowest BCUT2D eigenvalue weighted by atomic mass is 10.4. The highest BCUT2D eigenvalue weighted by Crippen LogP contribution is 2.29. The average Bonchev–Trinajstić information content (AvgIpc) is 2.96. The summed E-state index contributed by atoms with van der Waals surface area (Å²) in [5.41, 5.74) is 2.60. The predicted octanol–water partition coefficient (Wildman–Crippen LogP) is 3.38. The second kappa shape index (κ2) is 6.11. The quantitative estimate of drug-likeness (QED) is 0.777. The van der Waals surface area contributed by atoms with E-state index >= 15 is 0 Å². The van der Waals surface area contributed by atoms with Crippen LogP contribution >= 0.6 is 34.3 Å². The molecule has 2 rings (SSSR count). The maximum absolute atomic E-state index is 12.6. The van der Waals surface area contributed by atoms with Gasteiger partial charge in [-0.15, -0.1) is 34.3 Å². The topological polar surface area (TPSA) is 50.3 Å². The molecule has 2 aromatic heterocycles. The van der Waals surface area contributed by atoms with E-state index in [0.717, 1.165) is 20.3 Å². The first kappa shape index (κ1) is 15.9. The normalized spacial score (nSPS) is 12.2. The zero-order chi connectivity index (χ0) is 14.9. The third kappa shape index (κ3) is 3.07. The minimum Gasteiger partial charge on any atom is -0.250 e. The second-order valence-electron chi connectivity index (χ2n) is 4.39. The standard InChI is InChI=1S/C12H15ClN2O2S3/c1-8-11(18-7-14-8)6-15(3)20(16,17)12-4-10(5-13)19-9(12)2/h4,7H,5-6H2,1-3H3. The molecule has 0 aliphatic rings. The number of thiazole rings is 1. The van der Waals surface area contributed by atoms with Crippen molar-refractivity contribution >= 4 is 44.3 Å². The summed E-state index contributed by atoms with van der Waals surface area (Å²) < 4.78 is 26.5. The highest BCUT2D eigenvalue weighted by Gasteiger charge is 2.25. The molecule has 0 aliphatic carbocycles. The van der Waals surface area contributed by atoms with Crippen LogP contribution < -0.4 is 0 Å². The summed E-state index contributed by atoms with van der Waals surface area (Å²) in [6.45, 7) is 4.03. The lowest BCUT2D eigenvalue weighted by Gasteiger charge is -2.16. The van der Waals surface area contributed by atoms with Gasteiger partial charge < -0.3 is 0 Å². The molecule has 0 unspecified atom stereocenters. The molecule has 0 bridgehead atoms. The summed E-state index contributed by atoms with van der Waals surface area (Å²) >= 11 is 8.66. The van der Waals surface area contributed by atoms with Crippen molar-refractivity contribution in [3.63, 3.8) is 0 Å². The van der Waals surface area contributed by atoms with Crippen molar-refractivity contribution in [3.05, 3.63) is 31.9 Å². The molecule has 0 aliphatic heterocycles. The molecule has 0 atom stereocenters. The summed E-state index contributed by atoms with van der Waals surface area (Å²) in [6.07, 6.45) is 0. The van der Waals surface area contributed by atoms with Crippen LogP contribution in [-0.4, -0.2) is 24.8 Å². The fourth-order valence-corrected chi connectivity index (χ4v) is 5.52. The van der Waals surface area contributed by atoms with E-state index in [1.54, 1.807) is 25.5 Å². The van der Waals surface area contributed by atoms with Crippen molar-refractivity contribution in [2.45, 2.75) is 31.2 Å². The van der Waals surface area contributed by atoms with Gasteiger partial charge in [0.15, 0.2) is 0 Å². The van der Waals surface area contributed by atoms with Crippen LogP contribution in [0.15, 0.2) is 16.5 Å². The molecular formula is C12H15ClN2O2S3. The molecule has 0 amide bonds. The molecule has 4 nitrogen and oxygen atoms in total. The van der Waals surface area contributed by atoms with Crippen molar-refractivity contribution in [1.29, 1.82) is 0 Å². The maximum atomic E-state index is 12.6. The molecule has 0 fully saturated rings. The van der Waals surface area contributed by atoms with E-state index in [2.05, 4.69) is 4.98 Å². The molecule has 0 saturated carbocycles. The largest absolute Gasteiger partial charge is 0.250 e. The second-order valence-corrected chi connectivity index (χ2v) is 8.95. The van der Waals surface area contributed by atoms with Crippen molar-refractivity contribution in [2.24, 2.45) is 0 Å². The molecule has 0 aromatic carbocycles. The lowest BCUT2D eigenvalue weighted by molar-refractivity contribution is 0.468. The molecule has 2 heterocycles. The first-order valence-electron chi connectivity index (χ1n) is 5.87. The summed E-state index contributed by atoms with van der Waals surface area (Å²) in [5, 5.41) is 0. The van der Waals surface area contributed by atoms with Crippen LogP contribution in [0.1, 0.15) is 20.3 Å². The van der Waals surface area contributed by atoms with Gasteiger partial charge in [-0.25, -0.2) is 13.4 Å². The van der Waals surface area contributed by atoms with Gasteiger partial charge in [0.1, 0.15) is 0 Å². The number of sulfonamides is 1. The van der Waals surface area contributed by atoms with Gasteiger partial charge in [-0.1, -0.05) is 0 Å². The van der Waals surface area contributed by atoms with Gasteiger partial charge in [-0.2, -0.15) is 4.31 Å². The number of aromatic nitrogens is 1. The number of rotatable bonds is 5. The van der Waals surface area contributed by atoms with Crippen LogP contribution in [-0.2, 0) is 22.4 Å². The van der Waals surface area contributed by atoms with E-state index in [1.165, 1.54) is 27.0 Å². The van der Waals surface area contributed by atoms with Gasteiger partial charge in [0.25, 0.3) is 0 Å². The molecule has 0 N–H and O–H groups in total. The maximum Gasteiger partial charge on any atom is 0.244 e. The summed E-state index contributed by atoms with van der Waals surface area (Å²) in [4.78, 5) is 7.09. The van der Waals surface area contributed by atoms with Crippen molar-refractivity contribution in [2.75, 3.05) is 7.05 Å². The fourth-order valence-electron chi connectivity index (χ4n) is 1.78. The Balaban J connectivity index is 2.29. The number of thiophene rings is 1. The Bertz CT molecular complexity index is 706. The Morgan fingerprint density at radius 1 is 1.40 bits per heavy atom. The monoisotopic (exact) mass is 350 g/mol. The summed E-state index contributed by atoms with van der Waals surface area (Å²) in [5.74, 6) is 0.332. The van der Waals surface area contributed by atoms with Crippen LogP contribution in [0, 0.1) is 13.8 Å². The number of alkyl halides is 1. The SMILES string of the molecule is Cc1ncsc1CN(C)S(=O)(=O)c1cc(CCl)sc1C. The highest BCUT2D eigenvalue weighted by atomic mass is 35.5. The zero-order valence-electron chi connectivity index (χ0n) is 11.4. The number of aryl methyl sites for hydroxylation is 2. The van der Waals surface area contributed by atoms with Gasteiger partial charge >= 0.3 is 0 Å². The molecule has 0 saturated heterocycles. The number of hydrogen-bond donors (Lipinski definition) is 0. The Hall–Kier alpha value is -0.470. The summed E-state index contributed by atoms with van der Waals surface area (Å²) in [6, 6.07) is 1.67. The van der Waals surface area contributed by atoms with Gasteiger partial charge in [-0.05, 0) is 19.9 Å². The molecule has 8 heteroatoms. The number of hydrogen-bond acceptors (Lipinski definition) is 5. The van der Waals surface area contributed by atoms with Gasteiger partial charge in [0.2, 0.25) is 10.0 Å². The molecule has 0 radical (unpaired) electrons. The van der Waals surface area contributed by atoms with E-state index in [0.29, 0.717) is 17.3 Å². The van der Waals surface area contributed by atoms with Crippen LogP contribution in [0.2, 0.25) is 0 Å². The van der Waals surface area contributed by atoms with Crippen molar-refractivity contribution < 1.29 is 8.42 Å². The Morgan fingerprint density at radius 3 is 2.60 bits per heavy atom. The van der Waals surface area contributed by atoms with Crippen LogP contribution in [0.25, 0.3) is 0 Å². The van der Waals surface area contributed by atoms with Crippen LogP contribution in [0.5, 0.6) is 0 Å². The molecule has 20 heavy (non-hydrogen) atoms. The third-order valence-electron chi connectivity index (χ3n) is 2.95. The third-order valence-corrected chi connectivity index (χ3v) is 7.43. The first-order valence-corrected chi connectivity index (χ1v) is 9.54. The number of halogens is 1. The lowest BCUT2D eigenvalue weighted by Crippen LogP contribution is -2.26. The Labute approximate surface area is 132 Å². The minimum absolute atomic E-state index is 0.332. The van der Waals surface area contributed by atoms with Crippen LogP contribution in [0.3, 0.4) is 0 Å². The predicted molar refractivity (Wildman–Crippen MR) is 84.1 cm³/mol. The molecule has 0 spiro atoms. The Kier molecular flexibility index (Phi) is 4.86. The first-order chi connectivity index (χ1) is 9.36. The van der Waals surface area contributed by atoms with Gasteiger partial charge in [0.05, 0.1) is 22.0 Å². The Morgan fingerprint density at radius 2 is 2.10 bits per heavy atom. The number of nitrogens with zero attached hydrogens (tertiary/aromatic N) is 2. The van der Waals surface area contributed by atoms with E-state index in [1.807, 2.05) is 6.92 Å². The zero-order valence-corrected chi connectivity index (χ0v) is 14.6. The van der Waals surface area contributed by atoms with Gasteiger partial charge in [-0.3, -0.25) is 0 Å². The highest BCUT2D eigenvalue weighted by molar-refractivity contribution is 7.89. The van der Waals surface area contributed by atoms with Gasteiger partial charge in [0, 0.05) is 28.2 Å². The van der Waals surface area contributed by atoms with E-state index in [4.69, 9.17) is 11.6 Å². The van der Waals surface area contributed by atoms with E-state index in [9.17, 15) is 8.42 Å². The molecule has 2 aromatic rings. The van der Waals surface area contributed by atoms with E-state index in [-0.39, 0.29) is 0 Å². The smallest absolute Gasteiger partial charge is 0.244 e. The fraction of sp³-hybridized carbons (Fsp3) is 0.417. The average molecular weight is 351 g/mol.